The maximum Gasteiger partial charge on any atom is 0.335 e. The van der Waals surface area contributed by atoms with Crippen LogP contribution < -0.4 is 9.62 Å². The second-order valence-corrected chi connectivity index (χ2v) is 9.44. The third-order valence-corrected chi connectivity index (χ3v) is 7.47. The van der Waals surface area contributed by atoms with Crippen molar-refractivity contribution in [3.63, 3.8) is 0 Å². The van der Waals surface area contributed by atoms with Crippen LogP contribution in [0.4, 0.5) is 11.4 Å². The molecule has 0 radical (unpaired) electrons. The number of carboxylic acids is 1. The number of carboxylic acid groups (broad SMARTS) is 1. The van der Waals surface area contributed by atoms with Crippen molar-refractivity contribution in [2.24, 2.45) is 5.92 Å². The number of ether oxygens (including phenoxy) is 1. The van der Waals surface area contributed by atoms with Crippen molar-refractivity contribution in [3.8, 4) is 0 Å². The van der Waals surface area contributed by atoms with Crippen LogP contribution in [0.25, 0.3) is 0 Å². The van der Waals surface area contributed by atoms with Gasteiger partial charge >= 0.3 is 11.9 Å². The summed E-state index contributed by atoms with van der Waals surface area (Å²) in [5.41, 5.74) is 0.768. The molecule has 1 aliphatic heterocycles. The average molecular weight is 439 g/mol. The van der Waals surface area contributed by atoms with Gasteiger partial charge in [-0.3, -0.25) is 9.52 Å². The van der Waals surface area contributed by atoms with Crippen molar-refractivity contribution in [2.75, 3.05) is 29.3 Å². The minimum Gasteiger partial charge on any atom is -0.478 e. The summed E-state index contributed by atoms with van der Waals surface area (Å²) in [6, 6.07) is 7.48. The Kier molecular flexibility index (Phi) is 6.43. The number of hydrogen-bond acceptors (Lipinski definition) is 7. The summed E-state index contributed by atoms with van der Waals surface area (Å²) in [6.07, 6.45) is 1.16. The fourth-order valence-corrected chi connectivity index (χ4v) is 5.31. The monoisotopic (exact) mass is 438 g/mol. The zero-order chi connectivity index (χ0) is 21.0. The summed E-state index contributed by atoms with van der Waals surface area (Å²) in [4.78, 5) is 25.3. The lowest BCUT2D eigenvalue weighted by Gasteiger charge is -2.33. The van der Waals surface area contributed by atoms with Gasteiger partial charge in [-0.15, -0.1) is 11.3 Å². The first-order valence-electron chi connectivity index (χ1n) is 9.17. The smallest absolute Gasteiger partial charge is 0.335 e. The van der Waals surface area contributed by atoms with Gasteiger partial charge in [-0.1, -0.05) is 6.07 Å². The van der Waals surface area contributed by atoms with Gasteiger partial charge in [-0.25, -0.2) is 13.2 Å². The molecule has 1 fully saturated rings. The molecule has 1 aromatic heterocycles. The van der Waals surface area contributed by atoms with Gasteiger partial charge in [0.2, 0.25) is 0 Å². The molecule has 0 unspecified atom stereocenters. The fraction of sp³-hybridized carbons (Fsp3) is 0.368. The number of anilines is 2. The number of sulfonamides is 1. The molecule has 3 rings (SSSR count). The molecule has 0 amide bonds. The minimum absolute atomic E-state index is 0.0148. The highest BCUT2D eigenvalue weighted by Crippen LogP contribution is 2.33. The van der Waals surface area contributed by atoms with Crippen LogP contribution in [0.5, 0.6) is 0 Å². The Labute approximate surface area is 173 Å². The predicted octanol–water partition coefficient (Wildman–Crippen LogP) is 3.03. The Morgan fingerprint density at radius 3 is 2.59 bits per heavy atom. The molecule has 2 N–H and O–H groups in total. The average Bonchev–Trinajstić information content (AvgIpc) is 3.24. The summed E-state index contributed by atoms with van der Waals surface area (Å²) < 4.78 is 33.1. The van der Waals surface area contributed by atoms with Crippen molar-refractivity contribution < 1.29 is 27.9 Å². The zero-order valence-electron chi connectivity index (χ0n) is 15.8. The minimum atomic E-state index is -3.83. The van der Waals surface area contributed by atoms with Gasteiger partial charge in [-0.05, 0) is 49.4 Å². The van der Waals surface area contributed by atoms with Crippen LogP contribution in [-0.2, 0) is 19.6 Å². The predicted molar refractivity (Wildman–Crippen MR) is 110 cm³/mol. The molecule has 2 heterocycles. The third kappa shape index (κ3) is 4.88. The Balaban J connectivity index is 1.85. The number of carbonyl (C=O) groups excluding carboxylic acids is 1. The second-order valence-electron chi connectivity index (χ2n) is 6.59. The van der Waals surface area contributed by atoms with Crippen LogP contribution in [0.3, 0.4) is 0 Å². The first kappa shape index (κ1) is 21.1. The summed E-state index contributed by atoms with van der Waals surface area (Å²) in [5.74, 6) is -1.54. The van der Waals surface area contributed by atoms with Crippen LogP contribution >= 0.6 is 11.3 Å². The molecular weight excluding hydrogens is 416 g/mol. The van der Waals surface area contributed by atoms with Gasteiger partial charge in [0.1, 0.15) is 4.21 Å². The first-order chi connectivity index (χ1) is 13.8. The van der Waals surface area contributed by atoms with E-state index in [1.807, 2.05) is 4.90 Å². The molecule has 156 valence electrons. The van der Waals surface area contributed by atoms with Gasteiger partial charge in [0.05, 0.1) is 29.5 Å². The molecule has 0 bridgehead atoms. The van der Waals surface area contributed by atoms with Gasteiger partial charge in [0.15, 0.2) is 0 Å². The van der Waals surface area contributed by atoms with Gasteiger partial charge < -0.3 is 14.7 Å². The number of carbonyl (C=O) groups is 2. The molecule has 0 atom stereocenters. The number of thiophene rings is 1. The summed E-state index contributed by atoms with van der Waals surface area (Å²) in [7, 11) is -3.83. The van der Waals surface area contributed by atoms with Crippen molar-refractivity contribution in [2.45, 2.75) is 24.0 Å². The molecule has 1 saturated heterocycles. The molecule has 8 nitrogen and oxygen atoms in total. The van der Waals surface area contributed by atoms with E-state index in [2.05, 4.69) is 4.72 Å². The normalized spacial score (nSPS) is 15.1. The lowest BCUT2D eigenvalue weighted by molar-refractivity contribution is -0.148. The van der Waals surface area contributed by atoms with E-state index in [1.165, 1.54) is 18.2 Å². The highest BCUT2D eigenvalue weighted by atomic mass is 32.2. The largest absolute Gasteiger partial charge is 0.478 e. The number of aromatic carboxylic acids is 1. The van der Waals surface area contributed by atoms with E-state index in [0.717, 1.165) is 11.3 Å². The Bertz CT molecular complexity index is 980. The number of nitrogens with one attached hydrogen (secondary N) is 1. The number of piperidine rings is 1. The van der Waals surface area contributed by atoms with E-state index in [4.69, 9.17) is 4.74 Å². The SMILES string of the molecule is CCOC(=O)C1CCN(c2ccc(C(=O)O)cc2NS(=O)(=O)c2cccs2)CC1. The van der Waals surface area contributed by atoms with Crippen molar-refractivity contribution in [3.05, 3.63) is 41.3 Å². The second kappa shape index (κ2) is 8.83. The molecule has 0 spiro atoms. The topological polar surface area (TPSA) is 113 Å². The standard InChI is InChI=1S/C19H22N2O6S2/c1-2-27-19(24)13-7-9-21(10-8-13)16-6-5-14(18(22)23)12-15(16)20-29(25,26)17-4-3-11-28-17/h3-6,11-13,20H,2,7-10H2,1H3,(H,22,23). The van der Waals surface area contributed by atoms with E-state index in [9.17, 15) is 23.1 Å². The molecule has 29 heavy (non-hydrogen) atoms. The molecule has 10 heteroatoms. The van der Waals surface area contributed by atoms with E-state index in [-0.39, 0.29) is 27.3 Å². The number of hydrogen-bond donors (Lipinski definition) is 2. The van der Waals surface area contributed by atoms with Crippen LogP contribution in [0, 0.1) is 5.92 Å². The Morgan fingerprint density at radius 1 is 1.28 bits per heavy atom. The molecule has 1 aliphatic rings. The molecule has 2 aromatic rings. The number of esters is 1. The van der Waals surface area contributed by atoms with Crippen LogP contribution in [0.2, 0.25) is 0 Å². The zero-order valence-corrected chi connectivity index (χ0v) is 17.5. The molecule has 0 saturated carbocycles. The summed E-state index contributed by atoms with van der Waals surface area (Å²) >= 11 is 1.08. The maximum absolute atomic E-state index is 12.7. The quantitative estimate of drug-likeness (QED) is 0.639. The lowest BCUT2D eigenvalue weighted by Crippen LogP contribution is -2.37. The van der Waals surface area contributed by atoms with E-state index in [1.54, 1.807) is 24.4 Å². The Morgan fingerprint density at radius 2 is 2.00 bits per heavy atom. The van der Waals surface area contributed by atoms with Gasteiger partial charge in [0, 0.05) is 13.1 Å². The first-order valence-corrected chi connectivity index (χ1v) is 11.5. The van der Waals surface area contributed by atoms with E-state index in [0.29, 0.717) is 38.2 Å². The van der Waals surface area contributed by atoms with E-state index < -0.39 is 16.0 Å². The number of benzene rings is 1. The molecular formula is C19H22N2O6S2. The lowest BCUT2D eigenvalue weighted by atomic mass is 9.96. The van der Waals surface area contributed by atoms with Crippen molar-refractivity contribution >= 4 is 44.7 Å². The van der Waals surface area contributed by atoms with Crippen LogP contribution in [0.15, 0.2) is 39.9 Å². The fourth-order valence-electron chi connectivity index (χ4n) is 3.25. The summed E-state index contributed by atoms with van der Waals surface area (Å²) in [5, 5.41) is 11.0. The Hall–Kier alpha value is -2.59. The van der Waals surface area contributed by atoms with E-state index >= 15 is 0 Å². The third-order valence-electron chi connectivity index (χ3n) is 4.70. The van der Waals surface area contributed by atoms with Gasteiger partial charge in [0.25, 0.3) is 10.0 Å². The van der Waals surface area contributed by atoms with Crippen molar-refractivity contribution in [1.82, 2.24) is 0 Å². The van der Waals surface area contributed by atoms with Crippen LogP contribution in [-0.4, -0.2) is 45.2 Å². The van der Waals surface area contributed by atoms with Crippen molar-refractivity contribution in [1.29, 1.82) is 0 Å². The maximum atomic E-state index is 12.7. The van der Waals surface area contributed by atoms with Gasteiger partial charge in [-0.2, -0.15) is 0 Å². The molecule has 0 aliphatic carbocycles. The van der Waals surface area contributed by atoms with Crippen LogP contribution in [0.1, 0.15) is 30.1 Å². The number of rotatable bonds is 7. The summed E-state index contributed by atoms with van der Waals surface area (Å²) in [6.45, 7) is 3.17. The highest BCUT2D eigenvalue weighted by molar-refractivity contribution is 7.94. The highest BCUT2D eigenvalue weighted by Gasteiger charge is 2.28. The molecule has 1 aromatic carbocycles. The number of nitrogens with zero attached hydrogens (tertiary/aromatic N) is 1.